The molecule has 0 aliphatic heterocycles. The Hall–Kier alpha value is -2.85. The van der Waals surface area contributed by atoms with Crippen LogP contribution in [0.2, 0.25) is 0 Å². The maximum absolute atomic E-state index is 12.8. The molecule has 71 heavy (non-hydrogen) atoms. The van der Waals surface area contributed by atoms with Crippen LogP contribution in [0.15, 0.2) is 36.5 Å². The van der Waals surface area contributed by atoms with Crippen molar-refractivity contribution in [2.75, 3.05) is 126 Å². The van der Waals surface area contributed by atoms with Crippen LogP contribution in [0.25, 0.3) is 0 Å². The van der Waals surface area contributed by atoms with Gasteiger partial charge in [-0.1, -0.05) is 95.8 Å². The predicted octanol–water partition coefficient (Wildman–Crippen LogP) is 6.41. The van der Waals surface area contributed by atoms with E-state index >= 15 is 0 Å². The number of ether oxygens (including phenoxy) is 9. The third-order valence-electron chi connectivity index (χ3n) is 10.7. The first kappa shape index (κ1) is 68.2. The van der Waals surface area contributed by atoms with E-state index in [2.05, 4.69) is 57.2 Å². The van der Waals surface area contributed by atoms with E-state index in [-0.39, 0.29) is 86.1 Å². The van der Waals surface area contributed by atoms with Crippen LogP contribution in [-0.4, -0.2) is 192 Å². The van der Waals surface area contributed by atoms with Gasteiger partial charge in [-0.3, -0.25) is 9.80 Å². The molecule has 0 heterocycles. The van der Waals surface area contributed by atoms with Gasteiger partial charge < -0.3 is 63.1 Å². The second-order valence-corrected chi connectivity index (χ2v) is 17.3. The van der Waals surface area contributed by atoms with Crippen molar-refractivity contribution in [3.8, 4) is 0 Å². The Labute approximate surface area is 427 Å². The molecule has 0 bridgehead atoms. The average Bonchev–Trinajstić information content (AvgIpc) is 3.36. The molecule has 0 saturated heterocycles. The molecular weight excluding hydrogens is 921 g/mol. The molecule has 0 aromatic rings. The number of hydrogen-bond acceptors (Lipinski definition) is 18. The number of hydrogen-bond donors (Lipinski definition) is 4. The van der Waals surface area contributed by atoms with Crippen molar-refractivity contribution in [2.24, 2.45) is 0 Å². The lowest BCUT2D eigenvalue weighted by Crippen LogP contribution is -2.45. The van der Waals surface area contributed by atoms with E-state index in [0.717, 1.165) is 38.5 Å². The van der Waals surface area contributed by atoms with Gasteiger partial charge in [0.05, 0.1) is 46.2 Å². The van der Waals surface area contributed by atoms with Gasteiger partial charge in [-0.15, -0.1) is 0 Å². The van der Waals surface area contributed by atoms with Crippen LogP contribution >= 0.6 is 0 Å². The summed E-state index contributed by atoms with van der Waals surface area (Å²) < 4.78 is 48.7. The number of allylic oxidation sites excluding steroid dienone is 3. The summed E-state index contributed by atoms with van der Waals surface area (Å²) in [5, 5.41) is 42.0. The van der Waals surface area contributed by atoms with Gasteiger partial charge in [0.2, 0.25) is 0 Å². The molecule has 4 N–H and O–H groups in total. The number of carbonyl (C=O) groups is 3. The summed E-state index contributed by atoms with van der Waals surface area (Å²) in [6, 6.07) is 0. The summed E-state index contributed by atoms with van der Waals surface area (Å²) in [4.78, 5) is 41.4. The van der Waals surface area contributed by atoms with E-state index < -0.39 is 36.2 Å². The summed E-state index contributed by atoms with van der Waals surface area (Å²) in [5.41, 5.74) is 0. The van der Waals surface area contributed by atoms with E-state index in [1.807, 2.05) is 0 Å². The molecule has 0 aliphatic rings. The number of nitrogens with zero attached hydrogens (tertiary/aromatic N) is 2. The molecule has 0 fully saturated rings. The molecule has 3 atom stereocenters. The van der Waals surface area contributed by atoms with E-state index in [0.29, 0.717) is 84.6 Å². The fraction of sp³-hybridized carbons (Fsp3) is 0.830. The fourth-order valence-electron chi connectivity index (χ4n) is 6.55. The smallest absolute Gasteiger partial charge is 0.336 e. The Morgan fingerprint density at radius 3 is 1.01 bits per heavy atom. The van der Waals surface area contributed by atoms with Crippen molar-refractivity contribution < 1.29 is 77.4 Å². The van der Waals surface area contributed by atoms with Gasteiger partial charge in [0, 0.05) is 46.0 Å². The average molecular weight is 1020 g/mol. The lowest BCUT2D eigenvalue weighted by atomic mass is 10.2. The van der Waals surface area contributed by atoms with Gasteiger partial charge in [0.25, 0.3) is 0 Å². The normalized spacial score (nSPS) is 13.3. The number of aliphatic hydroxyl groups excluding tert-OH is 4. The third kappa shape index (κ3) is 46.7. The molecule has 0 aromatic carbocycles. The Bertz CT molecular complexity index is 1230. The predicted molar refractivity (Wildman–Crippen MR) is 273 cm³/mol. The standard InChI is InChI=1S/C53H98N2O16/c1-4-7-10-13-16-19-33-63-45-66-36-22-25-39-69-51(60)48(57)42-54(31-32-56)29-28-30-55(43-49(58)52(61)70-40-26-23-37-67-46-64-34-20-17-14-11-8-5-2)44-50(59)53(62)71-41-27-24-38-68-47-65-35-21-18-15-12-9-6-3/h13-18,48-50,56-59H,4-12,19-47H2,1-3H3/b16-13-,17-14-,18-15-. The Morgan fingerprint density at radius 1 is 0.380 bits per heavy atom. The van der Waals surface area contributed by atoms with Gasteiger partial charge in [0.1, 0.15) is 20.4 Å². The quantitative estimate of drug-likeness (QED) is 0.0170. The molecule has 416 valence electrons. The first-order valence-corrected chi connectivity index (χ1v) is 26.7. The molecule has 0 saturated carbocycles. The van der Waals surface area contributed by atoms with Crippen molar-refractivity contribution in [1.29, 1.82) is 0 Å². The van der Waals surface area contributed by atoms with Crippen LogP contribution in [0.3, 0.4) is 0 Å². The Kier molecular flexibility index (Phi) is 51.3. The van der Waals surface area contributed by atoms with Gasteiger partial charge in [-0.25, -0.2) is 14.4 Å². The molecule has 0 radical (unpaired) electrons. The van der Waals surface area contributed by atoms with Gasteiger partial charge >= 0.3 is 17.9 Å². The molecule has 0 rings (SSSR count). The molecule has 18 nitrogen and oxygen atoms in total. The summed E-state index contributed by atoms with van der Waals surface area (Å²) in [5.74, 6) is -2.49. The zero-order chi connectivity index (χ0) is 52.1. The molecular formula is C53H98N2O16. The minimum absolute atomic E-state index is 0.0644. The summed E-state index contributed by atoms with van der Waals surface area (Å²) in [6.07, 6.45) is 24.8. The summed E-state index contributed by atoms with van der Waals surface area (Å²) in [6.45, 7) is 10.0. The SMILES string of the molecule is CCCC/C=C\CCOCOCCCCOC(=O)C(O)CN(CCO)CCCN(CC(O)C(=O)OCCCCOCOCC/C=C\CCCC)CC(O)C(=O)OCCCCOCOCC/C=C\CCCC. The fourth-order valence-corrected chi connectivity index (χ4v) is 6.55. The highest BCUT2D eigenvalue weighted by atomic mass is 16.7. The van der Waals surface area contributed by atoms with Crippen molar-refractivity contribution in [3.05, 3.63) is 36.5 Å². The topological polar surface area (TPSA) is 222 Å². The van der Waals surface area contributed by atoms with Crippen LogP contribution in [0.5, 0.6) is 0 Å². The Morgan fingerprint density at radius 2 is 0.676 bits per heavy atom. The van der Waals surface area contributed by atoms with E-state index in [4.69, 9.17) is 42.6 Å². The maximum atomic E-state index is 12.8. The molecule has 0 amide bonds. The van der Waals surface area contributed by atoms with Crippen LogP contribution in [0.4, 0.5) is 0 Å². The van der Waals surface area contributed by atoms with E-state index in [1.165, 1.54) is 38.5 Å². The summed E-state index contributed by atoms with van der Waals surface area (Å²) >= 11 is 0. The maximum Gasteiger partial charge on any atom is 0.336 e. The number of carbonyl (C=O) groups excluding carboxylic acids is 3. The van der Waals surface area contributed by atoms with E-state index in [9.17, 15) is 34.8 Å². The van der Waals surface area contributed by atoms with Crippen LogP contribution in [-0.2, 0) is 57.0 Å². The number of aliphatic hydroxyl groups is 4. The number of esters is 3. The van der Waals surface area contributed by atoms with Crippen molar-refractivity contribution >= 4 is 17.9 Å². The Balaban J connectivity index is 4.90. The lowest BCUT2D eigenvalue weighted by molar-refractivity contribution is -0.157. The molecule has 3 unspecified atom stereocenters. The lowest BCUT2D eigenvalue weighted by Gasteiger charge is -2.28. The molecule has 18 heteroatoms. The minimum atomic E-state index is -1.58. The van der Waals surface area contributed by atoms with Crippen molar-refractivity contribution in [2.45, 2.75) is 161 Å². The second kappa shape index (κ2) is 53.4. The van der Waals surface area contributed by atoms with Crippen molar-refractivity contribution in [3.63, 3.8) is 0 Å². The zero-order valence-corrected chi connectivity index (χ0v) is 44.1. The van der Waals surface area contributed by atoms with E-state index in [1.54, 1.807) is 9.80 Å². The van der Waals surface area contributed by atoms with Crippen LogP contribution in [0.1, 0.15) is 143 Å². The monoisotopic (exact) mass is 1020 g/mol. The molecule has 0 aliphatic carbocycles. The van der Waals surface area contributed by atoms with Crippen molar-refractivity contribution in [1.82, 2.24) is 9.80 Å². The molecule has 0 spiro atoms. The van der Waals surface area contributed by atoms with Crippen LogP contribution in [0, 0.1) is 0 Å². The minimum Gasteiger partial charge on any atom is -0.464 e. The largest absolute Gasteiger partial charge is 0.464 e. The first-order valence-electron chi connectivity index (χ1n) is 26.7. The molecule has 0 aromatic heterocycles. The number of rotatable bonds is 54. The summed E-state index contributed by atoms with van der Waals surface area (Å²) in [7, 11) is 0. The van der Waals surface area contributed by atoms with Gasteiger partial charge in [-0.05, 0) is 96.6 Å². The third-order valence-corrected chi connectivity index (χ3v) is 10.7. The zero-order valence-electron chi connectivity index (χ0n) is 44.1. The van der Waals surface area contributed by atoms with Gasteiger partial charge in [-0.2, -0.15) is 0 Å². The highest BCUT2D eigenvalue weighted by Crippen LogP contribution is 2.07. The highest BCUT2D eigenvalue weighted by Gasteiger charge is 2.26. The first-order chi connectivity index (χ1) is 34.7. The highest BCUT2D eigenvalue weighted by molar-refractivity contribution is 5.75. The van der Waals surface area contributed by atoms with Gasteiger partial charge in [0.15, 0.2) is 18.3 Å². The van der Waals surface area contributed by atoms with Crippen LogP contribution < -0.4 is 0 Å². The second-order valence-electron chi connectivity index (χ2n) is 17.3. The number of unbranched alkanes of at least 4 members (excludes halogenated alkanes) is 9.